The second kappa shape index (κ2) is 7.37. The van der Waals surface area contributed by atoms with Gasteiger partial charge in [0.1, 0.15) is 22.7 Å². The van der Waals surface area contributed by atoms with Gasteiger partial charge < -0.3 is 15.2 Å². The Kier molecular flexibility index (Phi) is 4.85. The Morgan fingerprint density at radius 1 is 1.07 bits per heavy atom. The number of ether oxygens (including phenoxy) is 1. The van der Waals surface area contributed by atoms with E-state index in [1.807, 2.05) is 0 Å². The normalized spacial score (nSPS) is 18.2. The van der Waals surface area contributed by atoms with Crippen LogP contribution < -0.4 is 10.1 Å². The maximum Gasteiger partial charge on any atom is 0.416 e. The van der Waals surface area contributed by atoms with Crippen LogP contribution in [0.2, 0.25) is 0 Å². The Labute approximate surface area is 170 Å². The third-order valence-electron chi connectivity index (χ3n) is 5.07. The number of nitrogens with one attached hydrogen (secondary N) is 1. The molecule has 1 atom stereocenters. The summed E-state index contributed by atoms with van der Waals surface area (Å²) in [6.45, 7) is 0.246. The molecular formula is C22H17F3N2O3. The molecule has 0 saturated carbocycles. The molecule has 8 heteroatoms. The van der Waals surface area contributed by atoms with Crippen LogP contribution in [0.3, 0.4) is 0 Å². The number of aromatic nitrogens is 1. The number of rotatable bonds is 3. The Hall–Kier alpha value is -3.55. The summed E-state index contributed by atoms with van der Waals surface area (Å²) in [5.74, 6) is 0.0186. The first-order chi connectivity index (χ1) is 14.3. The van der Waals surface area contributed by atoms with Gasteiger partial charge in [0.2, 0.25) is 0 Å². The molecule has 0 saturated heterocycles. The molecule has 1 aliphatic rings. The molecule has 0 bridgehead atoms. The second-order valence-corrected chi connectivity index (χ2v) is 6.93. The molecular weight excluding hydrogens is 397 g/mol. The molecule has 1 unspecified atom stereocenters. The number of carbonyl (C=O) groups is 1. The van der Waals surface area contributed by atoms with E-state index >= 15 is 0 Å². The number of carbonyl (C=O) groups excluding carboxylic acids is 1. The Morgan fingerprint density at radius 2 is 1.77 bits per heavy atom. The number of halogens is 3. The van der Waals surface area contributed by atoms with E-state index in [1.165, 1.54) is 36.4 Å². The Morgan fingerprint density at radius 3 is 2.43 bits per heavy atom. The quantitative estimate of drug-likeness (QED) is 0.672. The van der Waals surface area contributed by atoms with Gasteiger partial charge in [-0.2, -0.15) is 13.2 Å². The molecule has 1 aliphatic heterocycles. The van der Waals surface area contributed by atoms with Crippen molar-refractivity contribution in [2.24, 2.45) is 0 Å². The second-order valence-electron chi connectivity index (χ2n) is 6.93. The van der Waals surface area contributed by atoms with Crippen LogP contribution >= 0.6 is 0 Å². The van der Waals surface area contributed by atoms with E-state index in [-0.39, 0.29) is 18.8 Å². The number of phenols is 1. The van der Waals surface area contributed by atoms with Gasteiger partial charge in [-0.1, -0.05) is 12.1 Å². The molecule has 0 fully saturated rings. The maximum absolute atomic E-state index is 13.0. The monoisotopic (exact) mass is 414 g/mol. The van der Waals surface area contributed by atoms with E-state index in [0.29, 0.717) is 22.6 Å². The fraction of sp³-hybridized carbons (Fsp3) is 0.182. The molecule has 0 radical (unpaired) electrons. The molecule has 0 aliphatic carbocycles. The van der Waals surface area contributed by atoms with Gasteiger partial charge in [-0.3, -0.25) is 9.78 Å². The topological polar surface area (TPSA) is 71.5 Å². The first-order valence-corrected chi connectivity index (χ1v) is 9.17. The number of hydrogen-bond donors (Lipinski definition) is 2. The molecule has 0 spiro atoms. The van der Waals surface area contributed by atoms with Crippen LogP contribution in [0.5, 0.6) is 11.5 Å². The molecule has 1 aromatic heterocycles. The summed E-state index contributed by atoms with van der Waals surface area (Å²) >= 11 is 0. The van der Waals surface area contributed by atoms with Gasteiger partial charge in [0.25, 0.3) is 5.91 Å². The van der Waals surface area contributed by atoms with E-state index in [4.69, 9.17) is 4.74 Å². The van der Waals surface area contributed by atoms with E-state index in [1.54, 1.807) is 18.3 Å². The smallest absolute Gasteiger partial charge is 0.416 e. The minimum atomic E-state index is -4.47. The lowest BCUT2D eigenvalue weighted by Gasteiger charge is -2.39. The third-order valence-corrected chi connectivity index (χ3v) is 5.07. The summed E-state index contributed by atoms with van der Waals surface area (Å²) in [7, 11) is 0. The molecule has 2 N–H and O–H groups in total. The lowest BCUT2D eigenvalue weighted by molar-refractivity contribution is -0.137. The van der Waals surface area contributed by atoms with Crippen molar-refractivity contribution < 1.29 is 27.8 Å². The highest BCUT2D eigenvalue weighted by atomic mass is 19.4. The standard InChI is InChI=1S/C22H17F3N2O3/c23-22(24,25)16-7-5-15(6-8-16)21(11-13-30-18-2-1-12-26-19(18)21)27-20(29)14-3-9-17(28)10-4-14/h1-10,12,28H,11,13H2,(H,27,29). The average Bonchev–Trinajstić information content (AvgIpc) is 2.74. The Bertz CT molecular complexity index is 1070. The highest BCUT2D eigenvalue weighted by molar-refractivity contribution is 5.95. The highest BCUT2D eigenvalue weighted by Crippen LogP contribution is 2.41. The van der Waals surface area contributed by atoms with Crippen LogP contribution in [-0.2, 0) is 11.7 Å². The van der Waals surface area contributed by atoms with Crippen molar-refractivity contribution in [1.29, 1.82) is 0 Å². The van der Waals surface area contributed by atoms with Gasteiger partial charge in [0, 0.05) is 18.2 Å². The van der Waals surface area contributed by atoms with Gasteiger partial charge in [-0.25, -0.2) is 0 Å². The summed E-state index contributed by atoms with van der Waals surface area (Å²) < 4.78 is 44.8. The SMILES string of the molecule is O=C(NC1(c2ccc(C(F)(F)F)cc2)CCOc2cccnc21)c1ccc(O)cc1. The largest absolute Gasteiger partial charge is 0.508 e. The van der Waals surface area contributed by atoms with E-state index < -0.39 is 23.2 Å². The summed E-state index contributed by atoms with van der Waals surface area (Å²) in [6, 6.07) is 13.8. The minimum absolute atomic E-state index is 0.0158. The zero-order valence-corrected chi connectivity index (χ0v) is 15.6. The number of phenolic OH excluding ortho intramolecular Hbond substituents is 1. The third kappa shape index (κ3) is 3.56. The van der Waals surface area contributed by atoms with Gasteiger partial charge in [0.15, 0.2) is 0 Å². The van der Waals surface area contributed by atoms with Crippen LogP contribution in [0.25, 0.3) is 0 Å². The first kappa shape index (κ1) is 19.8. The number of nitrogens with zero attached hydrogens (tertiary/aromatic N) is 1. The van der Waals surface area contributed by atoms with E-state index in [2.05, 4.69) is 10.3 Å². The van der Waals surface area contributed by atoms with Crippen LogP contribution in [0.1, 0.15) is 33.6 Å². The lowest BCUT2D eigenvalue weighted by atomic mass is 9.80. The van der Waals surface area contributed by atoms with Crippen LogP contribution in [0.15, 0.2) is 66.9 Å². The maximum atomic E-state index is 13.0. The molecule has 2 aromatic carbocycles. The molecule has 2 heterocycles. The molecule has 5 nitrogen and oxygen atoms in total. The number of amides is 1. The van der Waals surface area contributed by atoms with Gasteiger partial charge in [0.05, 0.1) is 12.2 Å². The molecule has 30 heavy (non-hydrogen) atoms. The van der Waals surface area contributed by atoms with Crippen molar-refractivity contribution in [3.05, 3.63) is 89.2 Å². The average molecular weight is 414 g/mol. The van der Waals surface area contributed by atoms with Crippen molar-refractivity contribution >= 4 is 5.91 Å². The number of hydrogen-bond acceptors (Lipinski definition) is 4. The van der Waals surface area contributed by atoms with Gasteiger partial charge >= 0.3 is 6.18 Å². The number of pyridine rings is 1. The number of benzene rings is 2. The van der Waals surface area contributed by atoms with Gasteiger partial charge in [-0.05, 0) is 54.1 Å². The zero-order chi connectivity index (χ0) is 21.4. The molecule has 154 valence electrons. The summed E-state index contributed by atoms with van der Waals surface area (Å²) in [5.41, 5.74) is -0.773. The number of alkyl halides is 3. The summed E-state index contributed by atoms with van der Waals surface area (Å²) in [5, 5.41) is 12.4. The van der Waals surface area contributed by atoms with Crippen molar-refractivity contribution in [3.8, 4) is 11.5 Å². The minimum Gasteiger partial charge on any atom is -0.508 e. The fourth-order valence-corrected chi connectivity index (χ4v) is 3.56. The predicted molar refractivity (Wildman–Crippen MR) is 102 cm³/mol. The number of fused-ring (bicyclic) bond motifs is 1. The van der Waals surface area contributed by atoms with Crippen molar-refractivity contribution in [2.45, 2.75) is 18.1 Å². The molecule has 4 rings (SSSR count). The van der Waals surface area contributed by atoms with E-state index in [0.717, 1.165) is 12.1 Å². The van der Waals surface area contributed by atoms with Gasteiger partial charge in [-0.15, -0.1) is 0 Å². The highest BCUT2D eigenvalue weighted by Gasteiger charge is 2.43. The van der Waals surface area contributed by atoms with Crippen molar-refractivity contribution in [1.82, 2.24) is 10.3 Å². The summed E-state index contributed by atoms with van der Waals surface area (Å²) in [4.78, 5) is 17.4. The number of aromatic hydroxyl groups is 1. The fourth-order valence-electron chi connectivity index (χ4n) is 3.56. The lowest BCUT2D eigenvalue weighted by Crippen LogP contribution is -2.50. The molecule has 3 aromatic rings. The van der Waals surface area contributed by atoms with Crippen molar-refractivity contribution in [3.63, 3.8) is 0 Å². The summed E-state index contributed by atoms with van der Waals surface area (Å²) in [6.07, 6.45) is -2.64. The Balaban J connectivity index is 1.80. The van der Waals surface area contributed by atoms with Crippen molar-refractivity contribution in [2.75, 3.05) is 6.61 Å². The first-order valence-electron chi connectivity index (χ1n) is 9.17. The zero-order valence-electron chi connectivity index (χ0n) is 15.6. The van der Waals surface area contributed by atoms with Crippen LogP contribution in [0.4, 0.5) is 13.2 Å². The van der Waals surface area contributed by atoms with Crippen LogP contribution in [-0.4, -0.2) is 22.6 Å². The predicted octanol–water partition coefficient (Wildman–Crippen LogP) is 4.26. The van der Waals surface area contributed by atoms with Crippen LogP contribution in [0, 0.1) is 0 Å². The van der Waals surface area contributed by atoms with E-state index in [9.17, 15) is 23.1 Å². The molecule has 1 amide bonds.